The maximum Gasteiger partial charge on any atom is 0.241 e. The van der Waals surface area contributed by atoms with E-state index in [1.807, 2.05) is 38.1 Å². The van der Waals surface area contributed by atoms with Crippen molar-refractivity contribution in [3.8, 4) is 0 Å². The number of halogens is 1. The molecule has 0 spiro atoms. The van der Waals surface area contributed by atoms with Crippen LogP contribution in [0.15, 0.2) is 47.4 Å². The van der Waals surface area contributed by atoms with E-state index in [0.29, 0.717) is 9.92 Å². The van der Waals surface area contributed by atoms with Crippen molar-refractivity contribution in [2.45, 2.75) is 31.7 Å². The van der Waals surface area contributed by atoms with Crippen molar-refractivity contribution < 1.29 is 8.42 Å². The number of nitrogens with one attached hydrogen (secondary N) is 1. The molecule has 2 aromatic rings. The maximum atomic E-state index is 12.5. The van der Waals surface area contributed by atoms with Gasteiger partial charge in [0.1, 0.15) is 0 Å². The molecule has 0 aromatic heterocycles. The summed E-state index contributed by atoms with van der Waals surface area (Å²) in [6, 6.07) is 12.2. The fourth-order valence-electron chi connectivity index (χ4n) is 2.11. The topological polar surface area (TPSA) is 46.2 Å². The maximum absolute atomic E-state index is 12.5. The van der Waals surface area contributed by atoms with Crippen LogP contribution in [-0.2, 0) is 10.0 Å². The second-order valence-corrected chi connectivity index (χ2v) is 7.28. The third kappa shape index (κ3) is 3.84. The lowest BCUT2D eigenvalue weighted by molar-refractivity contribution is 0.566. The van der Waals surface area contributed by atoms with Gasteiger partial charge in [0.05, 0.1) is 4.90 Å². The summed E-state index contributed by atoms with van der Waals surface area (Å²) < 4.78 is 27.7. The SMILES string of the molecule is Cc1ccc(C)c(S(=O)(=O)NC(C)c2ccc(Cl)cc2)c1. The van der Waals surface area contributed by atoms with Crippen molar-refractivity contribution in [1.29, 1.82) is 0 Å². The Hall–Kier alpha value is -1.36. The second kappa shape index (κ2) is 6.18. The number of hydrogen-bond donors (Lipinski definition) is 1. The summed E-state index contributed by atoms with van der Waals surface area (Å²) in [7, 11) is -3.55. The van der Waals surface area contributed by atoms with Crippen LogP contribution in [0.5, 0.6) is 0 Å². The van der Waals surface area contributed by atoms with Crippen LogP contribution in [-0.4, -0.2) is 8.42 Å². The molecule has 5 heteroatoms. The fraction of sp³-hybridized carbons (Fsp3) is 0.250. The van der Waals surface area contributed by atoms with Crippen molar-refractivity contribution in [2.24, 2.45) is 0 Å². The lowest BCUT2D eigenvalue weighted by Gasteiger charge is -2.16. The molecule has 0 saturated carbocycles. The molecule has 21 heavy (non-hydrogen) atoms. The minimum Gasteiger partial charge on any atom is -0.207 e. The molecule has 1 unspecified atom stereocenters. The highest BCUT2D eigenvalue weighted by atomic mass is 35.5. The quantitative estimate of drug-likeness (QED) is 0.924. The minimum atomic E-state index is -3.55. The van der Waals surface area contributed by atoms with E-state index < -0.39 is 10.0 Å². The van der Waals surface area contributed by atoms with Crippen LogP contribution in [0.2, 0.25) is 5.02 Å². The number of hydrogen-bond acceptors (Lipinski definition) is 2. The largest absolute Gasteiger partial charge is 0.241 e. The first-order valence-corrected chi connectivity index (χ1v) is 8.51. The molecule has 1 atom stereocenters. The predicted molar refractivity (Wildman–Crippen MR) is 86.1 cm³/mol. The summed E-state index contributed by atoms with van der Waals surface area (Å²) in [5.41, 5.74) is 2.52. The molecule has 0 amide bonds. The van der Waals surface area contributed by atoms with Gasteiger partial charge in [0.2, 0.25) is 10.0 Å². The minimum absolute atomic E-state index is 0.323. The molecule has 0 radical (unpaired) electrons. The van der Waals surface area contributed by atoms with E-state index in [0.717, 1.165) is 16.7 Å². The molecule has 0 fully saturated rings. The van der Waals surface area contributed by atoms with Crippen LogP contribution in [0.4, 0.5) is 0 Å². The van der Waals surface area contributed by atoms with Crippen LogP contribution >= 0.6 is 11.6 Å². The summed E-state index contributed by atoms with van der Waals surface area (Å²) in [6.07, 6.45) is 0. The monoisotopic (exact) mass is 323 g/mol. The van der Waals surface area contributed by atoms with Gasteiger partial charge in [0.25, 0.3) is 0 Å². The molecule has 0 aliphatic rings. The Morgan fingerprint density at radius 3 is 2.29 bits per heavy atom. The normalized spacial score (nSPS) is 13.1. The average Bonchev–Trinajstić information content (AvgIpc) is 2.41. The third-order valence-electron chi connectivity index (χ3n) is 3.34. The summed E-state index contributed by atoms with van der Waals surface area (Å²) in [6.45, 7) is 5.48. The zero-order valence-electron chi connectivity index (χ0n) is 12.2. The predicted octanol–water partition coefficient (Wildman–Crippen LogP) is 4.00. The van der Waals surface area contributed by atoms with Crippen molar-refractivity contribution in [2.75, 3.05) is 0 Å². The summed E-state index contributed by atoms with van der Waals surface area (Å²) in [4.78, 5) is 0.323. The van der Waals surface area contributed by atoms with Gasteiger partial charge in [0, 0.05) is 11.1 Å². The van der Waals surface area contributed by atoms with E-state index in [-0.39, 0.29) is 6.04 Å². The van der Waals surface area contributed by atoms with E-state index in [4.69, 9.17) is 11.6 Å². The molecule has 2 aromatic carbocycles. The number of rotatable bonds is 4. The molecule has 112 valence electrons. The molecule has 1 N–H and O–H groups in total. The Morgan fingerprint density at radius 1 is 1.05 bits per heavy atom. The van der Waals surface area contributed by atoms with E-state index >= 15 is 0 Å². The standard InChI is InChI=1S/C16H18ClNO2S/c1-11-4-5-12(2)16(10-11)21(19,20)18-13(3)14-6-8-15(17)9-7-14/h4-10,13,18H,1-3H3. The van der Waals surface area contributed by atoms with E-state index in [2.05, 4.69) is 4.72 Å². The van der Waals surface area contributed by atoms with Gasteiger partial charge >= 0.3 is 0 Å². The highest BCUT2D eigenvalue weighted by molar-refractivity contribution is 7.89. The lowest BCUT2D eigenvalue weighted by Crippen LogP contribution is -2.27. The van der Waals surface area contributed by atoms with Gasteiger partial charge in [-0.15, -0.1) is 0 Å². The molecule has 0 aliphatic carbocycles. The molecule has 3 nitrogen and oxygen atoms in total. The summed E-state index contributed by atoms with van der Waals surface area (Å²) in [5.74, 6) is 0. The number of aryl methyl sites for hydroxylation is 2. The summed E-state index contributed by atoms with van der Waals surface area (Å²) in [5, 5.41) is 0.628. The molecule has 0 saturated heterocycles. The first kappa shape index (κ1) is 16.0. The average molecular weight is 324 g/mol. The molecule has 0 aliphatic heterocycles. The van der Waals surface area contributed by atoms with Crippen LogP contribution < -0.4 is 4.72 Å². The number of sulfonamides is 1. The van der Waals surface area contributed by atoms with Gasteiger partial charge in [-0.25, -0.2) is 13.1 Å². The zero-order valence-corrected chi connectivity index (χ0v) is 13.8. The van der Waals surface area contributed by atoms with Crippen molar-refractivity contribution >= 4 is 21.6 Å². The van der Waals surface area contributed by atoms with Crippen molar-refractivity contribution in [3.63, 3.8) is 0 Å². The van der Waals surface area contributed by atoms with Crippen molar-refractivity contribution in [1.82, 2.24) is 4.72 Å². The molecule has 2 rings (SSSR count). The second-order valence-electron chi connectivity index (χ2n) is 5.16. The van der Waals surface area contributed by atoms with Gasteiger partial charge in [-0.05, 0) is 55.7 Å². The molecular formula is C16H18ClNO2S. The zero-order chi connectivity index (χ0) is 15.6. The van der Waals surface area contributed by atoms with E-state index in [1.54, 1.807) is 25.1 Å². The number of benzene rings is 2. The van der Waals surface area contributed by atoms with Gasteiger partial charge in [-0.3, -0.25) is 0 Å². The third-order valence-corrected chi connectivity index (χ3v) is 5.27. The Bertz CT molecular complexity index is 739. The van der Waals surface area contributed by atoms with E-state index in [9.17, 15) is 8.42 Å². The van der Waals surface area contributed by atoms with Crippen LogP contribution in [0, 0.1) is 13.8 Å². The van der Waals surface area contributed by atoms with Crippen LogP contribution in [0.3, 0.4) is 0 Å². The Kier molecular flexibility index (Phi) is 4.71. The van der Waals surface area contributed by atoms with Gasteiger partial charge in [-0.1, -0.05) is 35.9 Å². The first-order chi connectivity index (χ1) is 9.79. The van der Waals surface area contributed by atoms with Gasteiger partial charge in [0.15, 0.2) is 0 Å². The lowest BCUT2D eigenvalue weighted by atomic mass is 10.1. The van der Waals surface area contributed by atoms with Gasteiger partial charge in [-0.2, -0.15) is 0 Å². The van der Waals surface area contributed by atoms with Crippen LogP contribution in [0.1, 0.15) is 29.7 Å². The highest BCUT2D eigenvalue weighted by Gasteiger charge is 2.20. The fourth-order valence-corrected chi connectivity index (χ4v) is 3.80. The van der Waals surface area contributed by atoms with Crippen molar-refractivity contribution in [3.05, 3.63) is 64.2 Å². The Labute approximate surface area is 131 Å². The van der Waals surface area contributed by atoms with Crippen LogP contribution in [0.25, 0.3) is 0 Å². The van der Waals surface area contributed by atoms with Gasteiger partial charge < -0.3 is 0 Å². The Balaban J connectivity index is 2.28. The summed E-state index contributed by atoms with van der Waals surface area (Å²) >= 11 is 5.84. The van der Waals surface area contributed by atoms with E-state index in [1.165, 1.54) is 0 Å². The first-order valence-electron chi connectivity index (χ1n) is 6.64. The Morgan fingerprint density at radius 2 is 1.67 bits per heavy atom. The molecule has 0 heterocycles. The molecular weight excluding hydrogens is 306 g/mol. The molecule has 0 bridgehead atoms. The smallest absolute Gasteiger partial charge is 0.207 e. The highest BCUT2D eigenvalue weighted by Crippen LogP contribution is 2.21.